The lowest BCUT2D eigenvalue weighted by Crippen LogP contribution is -2.41. The van der Waals surface area contributed by atoms with Crippen molar-refractivity contribution in [1.82, 2.24) is 14.9 Å². The highest BCUT2D eigenvalue weighted by Gasteiger charge is 2.29. The molecular formula is C27H40N4O5S. The third-order valence-electron chi connectivity index (χ3n) is 6.23. The van der Waals surface area contributed by atoms with Gasteiger partial charge in [0, 0.05) is 18.8 Å². The highest BCUT2D eigenvalue weighted by atomic mass is 32.1. The van der Waals surface area contributed by atoms with Crippen LogP contribution in [-0.2, 0) is 9.53 Å². The summed E-state index contributed by atoms with van der Waals surface area (Å²) in [5.74, 6) is -0.652. The topological polar surface area (TPSA) is 114 Å². The lowest BCUT2D eigenvalue weighted by Gasteiger charge is -2.34. The zero-order chi connectivity index (χ0) is 26.3. The van der Waals surface area contributed by atoms with Gasteiger partial charge in [0.15, 0.2) is 0 Å². The SMILES string of the molecule is CCOc1ncc(Nc2cc([C@@H](CC)CC(=O)O)ccc2C2CCN(C(=O)OC(C)(C)C)CC2)cn1.S. The number of benzene rings is 1. The van der Waals surface area contributed by atoms with Gasteiger partial charge in [-0.15, -0.1) is 0 Å². The Labute approximate surface area is 226 Å². The first-order valence-electron chi connectivity index (χ1n) is 12.6. The van der Waals surface area contributed by atoms with Crippen LogP contribution in [0.3, 0.4) is 0 Å². The molecule has 3 rings (SSSR count). The van der Waals surface area contributed by atoms with Crippen LogP contribution in [0.25, 0.3) is 0 Å². The molecule has 2 aromatic rings. The predicted molar refractivity (Wildman–Crippen MR) is 148 cm³/mol. The molecule has 1 atom stereocenters. The Balaban J connectivity index is 0.00000481. The van der Waals surface area contributed by atoms with Crippen molar-refractivity contribution < 1.29 is 24.2 Å². The molecule has 0 radical (unpaired) electrons. The van der Waals surface area contributed by atoms with Gasteiger partial charge in [-0.05, 0) is 76.0 Å². The molecule has 0 aliphatic carbocycles. The van der Waals surface area contributed by atoms with E-state index in [0.717, 1.165) is 36.1 Å². The number of carboxylic acids is 1. The zero-order valence-corrected chi connectivity index (χ0v) is 23.4. The number of ether oxygens (including phenoxy) is 2. The van der Waals surface area contributed by atoms with Crippen molar-refractivity contribution >= 4 is 36.9 Å². The third-order valence-corrected chi connectivity index (χ3v) is 6.23. The van der Waals surface area contributed by atoms with E-state index < -0.39 is 11.6 Å². The van der Waals surface area contributed by atoms with Gasteiger partial charge in [-0.2, -0.15) is 13.5 Å². The summed E-state index contributed by atoms with van der Waals surface area (Å²) >= 11 is 0. The molecule has 2 N–H and O–H groups in total. The number of likely N-dealkylation sites (tertiary alicyclic amines) is 1. The zero-order valence-electron chi connectivity index (χ0n) is 22.4. The smallest absolute Gasteiger partial charge is 0.410 e. The first kappa shape index (κ1) is 30.2. The summed E-state index contributed by atoms with van der Waals surface area (Å²) in [6.07, 6.45) is 5.49. The molecule has 10 heteroatoms. The van der Waals surface area contributed by atoms with Crippen LogP contribution in [0.2, 0.25) is 0 Å². The Bertz CT molecular complexity index is 1030. The van der Waals surface area contributed by atoms with Crippen molar-refractivity contribution in [3.63, 3.8) is 0 Å². The number of nitrogens with one attached hydrogen (secondary N) is 1. The lowest BCUT2D eigenvalue weighted by atomic mass is 9.85. The van der Waals surface area contributed by atoms with Gasteiger partial charge in [0.05, 0.1) is 31.1 Å². The van der Waals surface area contributed by atoms with Crippen molar-refractivity contribution in [3.8, 4) is 6.01 Å². The Morgan fingerprint density at radius 2 is 1.81 bits per heavy atom. The van der Waals surface area contributed by atoms with Crippen LogP contribution in [0, 0.1) is 0 Å². The number of carboxylic acid groups (broad SMARTS) is 1. The van der Waals surface area contributed by atoms with Crippen molar-refractivity contribution in [1.29, 1.82) is 0 Å². The number of anilines is 2. The number of hydrogen-bond donors (Lipinski definition) is 2. The minimum Gasteiger partial charge on any atom is -0.481 e. The highest BCUT2D eigenvalue weighted by molar-refractivity contribution is 7.59. The van der Waals surface area contributed by atoms with E-state index in [2.05, 4.69) is 21.4 Å². The average molecular weight is 533 g/mol. The molecule has 0 bridgehead atoms. The van der Waals surface area contributed by atoms with E-state index in [0.29, 0.717) is 31.4 Å². The maximum atomic E-state index is 12.5. The number of aliphatic carboxylic acids is 1. The van der Waals surface area contributed by atoms with E-state index in [-0.39, 0.29) is 37.8 Å². The summed E-state index contributed by atoms with van der Waals surface area (Å²) in [5, 5.41) is 12.8. The van der Waals surface area contributed by atoms with E-state index >= 15 is 0 Å². The van der Waals surface area contributed by atoms with E-state index in [9.17, 15) is 14.7 Å². The van der Waals surface area contributed by atoms with Crippen LogP contribution in [-0.4, -0.2) is 57.3 Å². The largest absolute Gasteiger partial charge is 0.481 e. The van der Waals surface area contributed by atoms with E-state index in [1.807, 2.05) is 46.8 Å². The van der Waals surface area contributed by atoms with Crippen LogP contribution in [0.1, 0.15) is 83.3 Å². The fourth-order valence-corrected chi connectivity index (χ4v) is 4.44. The minimum absolute atomic E-state index is 0. The van der Waals surface area contributed by atoms with Crippen LogP contribution in [0.15, 0.2) is 30.6 Å². The lowest BCUT2D eigenvalue weighted by molar-refractivity contribution is -0.137. The van der Waals surface area contributed by atoms with E-state index in [1.165, 1.54) is 0 Å². The van der Waals surface area contributed by atoms with Crippen LogP contribution in [0.4, 0.5) is 16.2 Å². The molecule has 1 aliphatic heterocycles. The Morgan fingerprint density at radius 3 is 2.35 bits per heavy atom. The number of rotatable bonds is 9. The predicted octanol–water partition coefficient (Wildman–Crippen LogP) is 5.81. The van der Waals surface area contributed by atoms with Gasteiger partial charge >= 0.3 is 18.1 Å². The molecule has 1 aromatic heterocycles. The summed E-state index contributed by atoms with van der Waals surface area (Å²) < 4.78 is 10.9. The highest BCUT2D eigenvalue weighted by Crippen LogP contribution is 2.37. The van der Waals surface area contributed by atoms with E-state index in [4.69, 9.17) is 9.47 Å². The third kappa shape index (κ3) is 8.80. The summed E-state index contributed by atoms with van der Waals surface area (Å²) in [4.78, 5) is 34.2. The van der Waals surface area contributed by atoms with Gasteiger partial charge in [0.25, 0.3) is 0 Å². The summed E-state index contributed by atoms with van der Waals surface area (Å²) in [6.45, 7) is 11.2. The first-order chi connectivity index (χ1) is 17.1. The number of amides is 1. The first-order valence-corrected chi connectivity index (χ1v) is 12.6. The molecule has 1 aromatic carbocycles. The fourth-order valence-electron chi connectivity index (χ4n) is 4.44. The molecule has 9 nitrogen and oxygen atoms in total. The Hall–Kier alpha value is -3.01. The van der Waals surface area contributed by atoms with Gasteiger partial charge in [-0.3, -0.25) is 4.79 Å². The average Bonchev–Trinajstić information content (AvgIpc) is 2.83. The number of carbonyl (C=O) groups excluding carboxylic acids is 1. The molecule has 37 heavy (non-hydrogen) atoms. The number of hydrogen-bond acceptors (Lipinski definition) is 7. The molecule has 204 valence electrons. The maximum Gasteiger partial charge on any atom is 0.410 e. The van der Waals surface area contributed by atoms with Gasteiger partial charge < -0.3 is 24.8 Å². The maximum absolute atomic E-state index is 12.5. The van der Waals surface area contributed by atoms with Crippen LogP contribution in [0.5, 0.6) is 6.01 Å². The molecule has 1 aliphatic rings. The summed E-state index contributed by atoms with van der Waals surface area (Å²) in [6, 6.07) is 6.49. The minimum atomic E-state index is -0.810. The molecule has 0 saturated carbocycles. The Morgan fingerprint density at radius 1 is 1.16 bits per heavy atom. The fraction of sp³-hybridized carbons (Fsp3) is 0.556. The monoisotopic (exact) mass is 532 g/mol. The Kier molecular flexibility index (Phi) is 11.0. The number of aromatic nitrogens is 2. The molecule has 1 fully saturated rings. The number of piperidine rings is 1. The molecule has 1 saturated heterocycles. The number of nitrogens with zero attached hydrogens (tertiary/aromatic N) is 3. The van der Waals surface area contributed by atoms with Crippen molar-refractivity contribution in [3.05, 3.63) is 41.7 Å². The molecule has 0 unspecified atom stereocenters. The number of carbonyl (C=O) groups is 2. The molecule has 1 amide bonds. The standard InChI is InChI=1S/C27H38N4O5.H2S/c1-6-18(15-24(32)33)20-8-9-22(19-10-12-31(13-11-19)26(34)36-27(3,4)5)23(14-20)30-21-16-28-25(29-17-21)35-7-2;/h8-9,14,16-19,30H,6-7,10-13,15H2,1-5H3,(H,32,33);1H2/t18-;/m0./s1. The second-order valence-corrected chi connectivity index (χ2v) is 10.1. The molecular weight excluding hydrogens is 492 g/mol. The second kappa shape index (κ2) is 13.5. The van der Waals surface area contributed by atoms with E-state index in [1.54, 1.807) is 17.3 Å². The van der Waals surface area contributed by atoms with Gasteiger partial charge in [-0.25, -0.2) is 14.8 Å². The van der Waals surface area contributed by atoms with Gasteiger partial charge in [0.2, 0.25) is 0 Å². The van der Waals surface area contributed by atoms with Crippen LogP contribution >= 0.6 is 13.5 Å². The van der Waals surface area contributed by atoms with Crippen molar-refractivity contribution in [2.45, 2.75) is 77.7 Å². The van der Waals surface area contributed by atoms with Crippen LogP contribution < -0.4 is 10.1 Å². The summed E-state index contributed by atoms with van der Waals surface area (Å²) in [7, 11) is 0. The van der Waals surface area contributed by atoms with Gasteiger partial charge in [0.1, 0.15) is 5.60 Å². The van der Waals surface area contributed by atoms with Gasteiger partial charge in [-0.1, -0.05) is 19.1 Å². The molecule has 2 heterocycles. The quantitative estimate of drug-likeness (QED) is 0.416. The van der Waals surface area contributed by atoms with Crippen molar-refractivity contribution in [2.75, 3.05) is 25.0 Å². The van der Waals surface area contributed by atoms with Crippen molar-refractivity contribution in [2.24, 2.45) is 0 Å². The normalized spacial score (nSPS) is 14.9. The summed E-state index contributed by atoms with van der Waals surface area (Å²) in [5.41, 5.74) is 3.20. The molecule has 0 spiro atoms. The second-order valence-electron chi connectivity index (χ2n) is 10.1.